The first-order valence-electron chi connectivity index (χ1n) is 9.98. The minimum absolute atomic E-state index is 0.150. The molecule has 0 spiro atoms. The van der Waals surface area contributed by atoms with Crippen LogP contribution in [0.4, 0.5) is 0 Å². The Morgan fingerprint density at radius 1 is 0.767 bits per heavy atom. The van der Waals surface area contributed by atoms with Crippen molar-refractivity contribution in [1.29, 1.82) is 0 Å². The van der Waals surface area contributed by atoms with E-state index in [9.17, 15) is 13.2 Å². The van der Waals surface area contributed by atoms with E-state index in [0.29, 0.717) is 25.9 Å². The molecule has 0 aliphatic heterocycles. The van der Waals surface area contributed by atoms with Gasteiger partial charge in [0, 0.05) is 19.5 Å². The third-order valence-electron chi connectivity index (χ3n) is 5.01. The molecule has 3 aromatic rings. The lowest BCUT2D eigenvalue weighted by Crippen LogP contribution is -2.29. The van der Waals surface area contributed by atoms with Crippen LogP contribution >= 0.6 is 0 Å². The van der Waals surface area contributed by atoms with Crippen molar-refractivity contribution in [1.82, 2.24) is 4.31 Å². The maximum atomic E-state index is 12.4. The lowest BCUT2D eigenvalue weighted by atomic mass is 10.0. The summed E-state index contributed by atoms with van der Waals surface area (Å²) in [6.45, 7) is 2.19. The Morgan fingerprint density at radius 2 is 1.37 bits per heavy atom. The van der Waals surface area contributed by atoms with Crippen LogP contribution in [0.2, 0.25) is 0 Å². The van der Waals surface area contributed by atoms with Crippen LogP contribution in [0.3, 0.4) is 0 Å². The van der Waals surface area contributed by atoms with Crippen LogP contribution in [0.5, 0.6) is 0 Å². The smallest absolute Gasteiger partial charge is 0.211 e. The van der Waals surface area contributed by atoms with Gasteiger partial charge >= 0.3 is 0 Å². The van der Waals surface area contributed by atoms with Crippen molar-refractivity contribution < 1.29 is 13.2 Å². The van der Waals surface area contributed by atoms with E-state index in [1.165, 1.54) is 10.6 Å². The van der Waals surface area contributed by atoms with Crippen molar-refractivity contribution in [3.8, 4) is 11.1 Å². The average molecular weight is 422 g/mol. The molecule has 3 aromatic carbocycles. The Morgan fingerprint density at radius 3 is 2.00 bits per heavy atom. The molecule has 0 saturated carbocycles. The second kappa shape index (κ2) is 9.83. The molecule has 0 unspecified atom stereocenters. The molecular weight excluding hydrogens is 394 g/mol. The first-order valence-corrected chi connectivity index (χ1v) is 11.8. The number of Topliss-reactive ketones (excluding diaryl/α,β-unsaturated/α-hetero) is 1. The molecule has 0 amide bonds. The molecule has 0 aliphatic rings. The molecule has 0 fully saturated rings. The predicted octanol–water partition coefficient (Wildman–Crippen LogP) is 4.84. The van der Waals surface area contributed by atoms with E-state index >= 15 is 0 Å². The van der Waals surface area contributed by atoms with Crippen LogP contribution in [0.25, 0.3) is 11.1 Å². The molecule has 0 aromatic heterocycles. The standard InChI is InChI=1S/C25H27NO3S/c1-20(27)11-12-21-7-6-8-23(17-21)19-26(30(2,28)29)18-22-13-15-25(16-14-22)24-9-4-3-5-10-24/h3-10,13-17H,11-12,18-19H2,1-2H3. The molecule has 0 radical (unpaired) electrons. The third kappa shape index (κ3) is 6.37. The van der Waals surface area contributed by atoms with E-state index in [-0.39, 0.29) is 5.78 Å². The zero-order valence-electron chi connectivity index (χ0n) is 17.4. The Labute approximate surface area is 179 Å². The highest BCUT2D eigenvalue weighted by Crippen LogP contribution is 2.21. The molecule has 0 bridgehead atoms. The number of nitrogens with zero attached hydrogens (tertiary/aromatic N) is 1. The molecule has 0 aliphatic carbocycles. The zero-order chi connectivity index (χ0) is 21.6. The highest BCUT2D eigenvalue weighted by atomic mass is 32.2. The van der Waals surface area contributed by atoms with Gasteiger partial charge in [-0.3, -0.25) is 0 Å². The Bertz CT molecular complexity index is 1090. The summed E-state index contributed by atoms with van der Waals surface area (Å²) in [5.74, 6) is 0.150. The molecule has 30 heavy (non-hydrogen) atoms. The number of sulfonamides is 1. The van der Waals surface area contributed by atoms with Crippen LogP contribution in [0.1, 0.15) is 30.0 Å². The van der Waals surface area contributed by atoms with Crippen molar-refractivity contribution in [2.24, 2.45) is 0 Å². The van der Waals surface area contributed by atoms with E-state index in [0.717, 1.165) is 27.8 Å². The lowest BCUT2D eigenvalue weighted by Gasteiger charge is -2.21. The number of benzene rings is 3. The molecule has 5 heteroatoms. The van der Waals surface area contributed by atoms with Gasteiger partial charge in [0.15, 0.2) is 0 Å². The maximum absolute atomic E-state index is 12.4. The molecule has 3 rings (SSSR count). The van der Waals surface area contributed by atoms with Gasteiger partial charge < -0.3 is 4.79 Å². The van der Waals surface area contributed by atoms with E-state index in [1.807, 2.05) is 66.7 Å². The Kier molecular flexibility index (Phi) is 7.19. The minimum Gasteiger partial charge on any atom is -0.300 e. The molecule has 0 heterocycles. The van der Waals surface area contributed by atoms with Crippen molar-refractivity contribution in [3.05, 3.63) is 95.6 Å². The molecule has 4 nitrogen and oxygen atoms in total. The SMILES string of the molecule is CC(=O)CCc1cccc(CN(Cc2ccc(-c3ccccc3)cc2)S(C)(=O)=O)c1. The zero-order valence-corrected chi connectivity index (χ0v) is 18.2. The van der Waals surface area contributed by atoms with Crippen LogP contribution in [-0.2, 0) is 34.3 Å². The van der Waals surface area contributed by atoms with Gasteiger partial charge in [0.05, 0.1) is 6.26 Å². The number of carbonyl (C=O) groups excluding carboxylic acids is 1. The predicted molar refractivity (Wildman–Crippen MR) is 121 cm³/mol. The number of ketones is 1. The fraction of sp³-hybridized carbons (Fsp3) is 0.240. The van der Waals surface area contributed by atoms with Gasteiger partial charge in [-0.05, 0) is 41.2 Å². The van der Waals surface area contributed by atoms with Crippen LogP contribution in [-0.4, -0.2) is 24.8 Å². The summed E-state index contributed by atoms with van der Waals surface area (Å²) in [6, 6.07) is 25.9. The van der Waals surface area contributed by atoms with E-state index in [4.69, 9.17) is 0 Å². The van der Waals surface area contributed by atoms with Gasteiger partial charge in [-0.2, -0.15) is 4.31 Å². The van der Waals surface area contributed by atoms with Crippen molar-refractivity contribution in [2.75, 3.05) is 6.26 Å². The van der Waals surface area contributed by atoms with E-state index < -0.39 is 10.0 Å². The summed E-state index contributed by atoms with van der Waals surface area (Å²) >= 11 is 0. The fourth-order valence-corrected chi connectivity index (χ4v) is 4.10. The lowest BCUT2D eigenvalue weighted by molar-refractivity contribution is -0.116. The monoisotopic (exact) mass is 421 g/mol. The second-order valence-corrected chi connectivity index (χ2v) is 9.60. The molecule has 0 saturated heterocycles. The summed E-state index contributed by atoms with van der Waals surface area (Å²) in [5.41, 5.74) is 5.13. The number of aryl methyl sites for hydroxylation is 1. The number of carbonyl (C=O) groups is 1. The molecule has 0 atom stereocenters. The van der Waals surface area contributed by atoms with Crippen molar-refractivity contribution in [3.63, 3.8) is 0 Å². The quantitative estimate of drug-likeness (QED) is 0.497. The average Bonchev–Trinajstić information content (AvgIpc) is 2.73. The van der Waals surface area contributed by atoms with Gasteiger partial charge in [0.25, 0.3) is 0 Å². The highest BCUT2D eigenvalue weighted by molar-refractivity contribution is 7.88. The van der Waals surface area contributed by atoms with E-state index in [2.05, 4.69) is 12.1 Å². The fourth-order valence-electron chi connectivity index (χ4n) is 3.33. The van der Waals surface area contributed by atoms with Gasteiger partial charge in [0.1, 0.15) is 5.78 Å². The summed E-state index contributed by atoms with van der Waals surface area (Å²) < 4.78 is 26.3. The van der Waals surface area contributed by atoms with Gasteiger partial charge in [-0.1, -0.05) is 78.9 Å². The normalized spacial score (nSPS) is 11.6. The number of hydrogen-bond donors (Lipinski definition) is 0. The number of rotatable bonds is 9. The van der Waals surface area contributed by atoms with Crippen molar-refractivity contribution in [2.45, 2.75) is 32.9 Å². The van der Waals surface area contributed by atoms with Crippen LogP contribution in [0.15, 0.2) is 78.9 Å². The largest absolute Gasteiger partial charge is 0.300 e. The topological polar surface area (TPSA) is 54.5 Å². The summed E-state index contributed by atoms with van der Waals surface area (Å²) in [5, 5.41) is 0. The molecule has 156 valence electrons. The second-order valence-electron chi connectivity index (χ2n) is 7.62. The van der Waals surface area contributed by atoms with Gasteiger partial charge in [-0.15, -0.1) is 0 Å². The van der Waals surface area contributed by atoms with Crippen LogP contribution < -0.4 is 0 Å². The minimum atomic E-state index is -3.38. The summed E-state index contributed by atoms with van der Waals surface area (Å²) in [7, 11) is -3.38. The summed E-state index contributed by atoms with van der Waals surface area (Å²) in [6.07, 6.45) is 2.40. The molecule has 0 N–H and O–H groups in total. The Hall–Kier alpha value is -2.76. The van der Waals surface area contributed by atoms with E-state index in [1.54, 1.807) is 6.92 Å². The molecular formula is C25H27NO3S. The van der Waals surface area contributed by atoms with Crippen LogP contribution in [0, 0.1) is 0 Å². The summed E-state index contributed by atoms with van der Waals surface area (Å²) in [4.78, 5) is 11.2. The first kappa shape index (κ1) is 21.9. The third-order valence-corrected chi connectivity index (χ3v) is 6.20. The van der Waals surface area contributed by atoms with Gasteiger partial charge in [-0.25, -0.2) is 8.42 Å². The van der Waals surface area contributed by atoms with Crippen molar-refractivity contribution >= 4 is 15.8 Å². The maximum Gasteiger partial charge on any atom is 0.211 e. The first-order chi connectivity index (χ1) is 14.3. The van der Waals surface area contributed by atoms with Gasteiger partial charge in [0.2, 0.25) is 10.0 Å². The Balaban J connectivity index is 1.74. The number of hydrogen-bond acceptors (Lipinski definition) is 3. The highest BCUT2D eigenvalue weighted by Gasteiger charge is 2.18.